The van der Waals surface area contributed by atoms with Gasteiger partial charge in [-0.05, 0) is 42.8 Å². The van der Waals surface area contributed by atoms with Gasteiger partial charge >= 0.3 is 5.97 Å². The van der Waals surface area contributed by atoms with Crippen molar-refractivity contribution in [2.75, 3.05) is 7.05 Å². The lowest BCUT2D eigenvalue weighted by atomic mass is 9.95. The lowest BCUT2D eigenvalue weighted by Crippen LogP contribution is -2.47. The van der Waals surface area contributed by atoms with E-state index in [-0.39, 0.29) is 18.1 Å². The quantitative estimate of drug-likeness (QED) is 0.582. The van der Waals surface area contributed by atoms with Crippen molar-refractivity contribution in [3.05, 3.63) is 102 Å². The number of ether oxygens (including phenoxy) is 2. The zero-order chi connectivity index (χ0) is 20.2. The summed E-state index contributed by atoms with van der Waals surface area (Å²) < 4.78 is 11.7. The molecule has 0 aliphatic carbocycles. The van der Waals surface area contributed by atoms with E-state index in [2.05, 4.69) is 11.8 Å². The molecule has 3 aromatic rings. The molecule has 1 saturated heterocycles. The highest BCUT2D eigenvalue weighted by molar-refractivity contribution is 5.79. The van der Waals surface area contributed by atoms with Gasteiger partial charge in [0.2, 0.25) is 0 Å². The summed E-state index contributed by atoms with van der Waals surface area (Å²) in [5.74, 6) is 0.553. The van der Waals surface area contributed by atoms with Crippen LogP contribution in [0.1, 0.15) is 35.8 Å². The van der Waals surface area contributed by atoms with E-state index >= 15 is 0 Å². The van der Waals surface area contributed by atoms with Crippen molar-refractivity contribution in [1.29, 1.82) is 0 Å². The number of nitrogens with zero attached hydrogens (tertiary/aromatic N) is 1. The largest absolute Gasteiger partial charge is 0.489 e. The van der Waals surface area contributed by atoms with Crippen LogP contribution in [0.5, 0.6) is 5.75 Å². The number of esters is 1. The molecular weight excluding hydrogens is 362 g/mol. The summed E-state index contributed by atoms with van der Waals surface area (Å²) in [5.41, 5.74) is 3.04. The fourth-order valence-electron chi connectivity index (χ4n) is 3.75. The zero-order valence-corrected chi connectivity index (χ0v) is 16.7. The zero-order valence-electron chi connectivity index (χ0n) is 16.7. The average Bonchev–Trinajstić information content (AvgIpc) is 2.77. The topological polar surface area (TPSA) is 38.8 Å². The summed E-state index contributed by atoms with van der Waals surface area (Å²) in [5, 5.41) is 0. The number of carbonyl (C=O) groups is 1. The van der Waals surface area contributed by atoms with Gasteiger partial charge in [-0.15, -0.1) is 0 Å². The minimum absolute atomic E-state index is 0.0640. The number of likely N-dealkylation sites (N-methyl/N-ethyl adjacent to an activating group) is 1. The van der Waals surface area contributed by atoms with Gasteiger partial charge in [-0.3, -0.25) is 4.90 Å². The van der Waals surface area contributed by atoms with Crippen LogP contribution < -0.4 is 4.74 Å². The molecule has 4 nitrogen and oxygen atoms in total. The summed E-state index contributed by atoms with van der Waals surface area (Å²) in [6, 6.07) is 27.3. The van der Waals surface area contributed by atoms with Crippen molar-refractivity contribution >= 4 is 5.97 Å². The Morgan fingerprint density at radius 2 is 1.48 bits per heavy atom. The third-order valence-electron chi connectivity index (χ3n) is 5.53. The fraction of sp³-hybridized carbons (Fsp3) is 0.240. The van der Waals surface area contributed by atoms with Crippen molar-refractivity contribution in [2.45, 2.75) is 31.7 Å². The Bertz CT molecular complexity index is 941. The predicted octanol–water partition coefficient (Wildman–Crippen LogP) is 4.93. The maximum atomic E-state index is 12.8. The number of morpholine rings is 1. The summed E-state index contributed by atoms with van der Waals surface area (Å²) in [6.45, 7) is 2.61. The molecule has 29 heavy (non-hydrogen) atoms. The monoisotopic (exact) mass is 387 g/mol. The molecule has 1 aliphatic heterocycles. The van der Waals surface area contributed by atoms with Gasteiger partial charge in [0.15, 0.2) is 0 Å². The molecule has 1 heterocycles. The minimum Gasteiger partial charge on any atom is -0.489 e. The molecule has 3 aromatic carbocycles. The van der Waals surface area contributed by atoms with Gasteiger partial charge in [0.1, 0.15) is 24.5 Å². The third-order valence-corrected chi connectivity index (χ3v) is 5.53. The molecule has 0 bridgehead atoms. The van der Waals surface area contributed by atoms with Gasteiger partial charge in [0.05, 0.1) is 0 Å². The van der Waals surface area contributed by atoms with Crippen LogP contribution in [0.2, 0.25) is 0 Å². The number of hydrogen-bond acceptors (Lipinski definition) is 4. The average molecular weight is 387 g/mol. The van der Waals surface area contributed by atoms with Crippen LogP contribution in [-0.4, -0.2) is 24.0 Å². The maximum absolute atomic E-state index is 12.8. The van der Waals surface area contributed by atoms with Gasteiger partial charge in [-0.2, -0.15) is 0 Å². The fourth-order valence-corrected chi connectivity index (χ4v) is 3.75. The predicted molar refractivity (Wildman–Crippen MR) is 112 cm³/mol. The Hall–Kier alpha value is -3.11. The Morgan fingerprint density at radius 3 is 2.14 bits per heavy atom. The Morgan fingerprint density at radius 1 is 0.862 bits per heavy atom. The van der Waals surface area contributed by atoms with Crippen LogP contribution >= 0.6 is 0 Å². The Balaban J connectivity index is 1.46. The second kappa shape index (κ2) is 8.50. The van der Waals surface area contributed by atoms with Gasteiger partial charge in [0, 0.05) is 6.04 Å². The van der Waals surface area contributed by atoms with E-state index in [1.807, 2.05) is 92.0 Å². The van der Waals surface area contributed by atoms with E-state index in [9.17, 15) is 4.79 Å². The molecule has 0 aromatic heterocycles. The lowest BCUT2D eigenvalue weighted by Gasteiger charge is -2.41. The standard InChI is InChI=1S/C25H25NO3/c1-18-24(21-11-7-4-8-12-21)29-25(27)23(26(18)2)20-13-15-22(16-14-20)28-17-19-9-5-3-6-10-19/h3-16,18,23-24H,17H2,1-2H3/t18-,23+,24+/m1/s1. The summed E-state index contributed by atoms with van der Waals surface area (Å²) >= 11 is 0. The number of cyclic esters (lactones) is 1. The number of rotatable bonds is 5. The van der Waals surface area contributed by atoms with Crippen LogP contribution in [0.25, 0.3) is 0 Å². The van der Waals surface area contributed by atoms with Crippen molar-refractivity contribution in [3.8, 4) is 5.75 Å². The summed E-state index contributed by atoms with van der Waals surface area (Å²) in [6.07, 6.45) is -0.265. The molecule has 0 saturated carbocycles. The van der Waals surface area contributed by atoms with E-state index in [1.165, 1.54) is 0 Å². The molecule has 3 atom stereocenters. The van der Waals surface area contributed by atoms with Crippen molar-refractivity contribution in [1.82, 2.24) is 4.90 Å². The molecule has 0 unspecified atom stereocenters. The first-order chi connectivity index (χ1) is 14.1. The normalized spacial score (nSPS) is 22.1. The molecule has 0 N–H and O–H groups in total. The van der Waals surface area contributed by atoms with Gasteiger partial charge in [-0.25, -0.2) is 4.79 Å². The molecular formula is C25H25NO3. The molecule has 4 heteroatoms. The van der Waals surface area contributed by atoms with Crippen molar-refractivity contribution < 1.29 is 14.3 Å². The summed E-state index contributed by atoms with van der Waals surface area (Å²) in [7, 11) is 1.98. The first kappa shape index (κ1) is 19.2. The van der Waals surface area contributed by atoms with E-state index in [0.717, 1.165) is 22.4 Å². The highest BCUT2D eigenvalue weighted by Gasteiger charge is 2.41. The van der Waals surface area contributed by atoms with Gasteiger partial charge in [0.25, 0.3) is 0 Å². The number of carbonyl (C=O) groups excluding carboxylic acids is 1. The minimum atomic E-state index is -0.423. The van der Waals surface area contributed by atoms with Gasteiger partial charge < -0.3 is 9.47 Å². The molecule has 0 amide bonds. The molecule has 148 valence electrons. The Labute approximate surface area is 171 Å². The molecule has 4 rings (SSSR count). The molecule has 1 fully saturated rings. The highest BCUT2D eigenvalue weighted by Crippen LogP contribution is 2.37. The lowest BCUT2D eigenvalue weighted by molar-refractivity contribution is -0.172. The van der Waals surface area contributed by atoms with Crippen molar-refractivity contribution in [2.24, 2.45) is 0 Å². The second-order valence-corrected chi connectivity index (χ2v) is 7.42. The van der Waals surface area contributed by atoms with Crippen LogP contribution in [-0.2, 0) is 16.1 Å². The first-order valence-corrected chi connectivity index (χ1v) is 9.87. The second-order valence-electron chi connectivity index (χ2n) is 7.42. The SMILES string of the molecule is C[C@@H]1[C@@H](c2ccccc2)OC(=O)[C@H](c2ccc(OCc3ccccc3)cc2)N1C. The first-order valence-electron chi connectivity index (χ1n) is 9.87. The smallest absolute Gasteiger partial charge is 0.328 e. The third kappa shape index (κ3) is 4.17. The molecule has 0 spiro atoms. The Kier molecular flexibility index (Phi) is 5.63. The molecule has 0 radical (unpaired) electrons. The van der Waals surface area contributed by atoms with E-state index < -0.39 is 6.04 Å². The van der Waals surface area contributed by atoms with Crippen LogP contribution in [0.4, 0.5) is 0 Å². The number of benzene rings is 3. The van der Waals surface area contributed by atoms with Crippen LogP contribution in [0.3, 0.4) is 0 Å². The molecule has 1 aliphatic rings. The van der Waals surface area contributed by atoms with E-state index in [0.29, 0.717) is 6.61 Å². The van der Waals surface area contributed by atoms with Gasteiger partial charge in [-0.1, -0.05) is 72.8 Å². The summed E-state index contributed by atoms with van der Waals surface area (Å²) in [4.78, 5) is 14.9. The van der Waals surface area contributed by atoms with Crippen LogP contribution in [0, 0.1) is 0 Å². The van der Waals surface area contributed by atoms with E-state index in [4.69, 9.17) is 9.47 Å². The van der Waals surface area contributed by atoms with Crippen LogP contribution in [0.15, 0.2) is 84.9 Å². The highest BCUT2D eigenvalue weighted by atomic mass is 16.6. The number of hydrogen-bond donors (Lipinski definition) is 0. The van der Waals surface area contributed by atoms with Crippen molar-refractivity contribution in [3.63, 3.8) is 0 Å². The van der Waals surface area contributed by atoms with E-state index in [1.54, 1.807) is 0 Å². The maximum Gasteiger partial charge on any atom is 0.328 e.